The van der Waals surface area contributed by atoms with E-state index in [-0.39, 0.29) is 11.9 Å². The lowest BCUT2D eigenvalue weighted by Gasteiger charge is -2.17. The monoisotopic (exact) mass is 227 g/mol. The summed E-state index contributed by atoms with van der Waals surface area (Å²) in [5.74, 6) is 1.18. The van der Waals surface area contributed by atoms with Crippen molar-refractivity contribution in [2.45, 2.75) is 31.2 Å². The van der Waals surface area contributed by atoms with Crippen molar-refractivity contribution in [2.24, 2.45) is 11.7 Å². The first kappa shape index (κ1) is 12.5. The van der Waals surface area contributed by atoms with Gasteiger partial charge < -0.3 is 5.73 Å². The highest BCUT2D eigenvalue weighted by molar-refractivity contribution is 7.99. The molecule has 0 radical (unpaired) electrons. The zero-order chi connectivity index (χ0) is 11.3. The van der Waals surface area contributed by atoms with E-state index in [1.165, 1.54) is 6.07 Å². The molecule has 2 N–H and O–H groups in total. The van der Waals surface area contributed by atoms with E-state index in [1.807, 2.05) is 6.07 Å². The molecule has 0 bridgehead atoms. The summed E-state index contributed by atoms with van der Waals surface area (Å²) in [5.41, 5.74) is 6.00. The third-order valence-corrected chi connectivity index (χ3v) is 3.75. The topological polar surface area (TPSA) is 26.0 Å². The van der Waals surface area contributed by atoms with Gasteiger partial charge in [0.15, 0.2) is 0 Å². The number of halogens is 1. The summed E-state index contributed by atoms with van der Waals surface area (Å²) >= 11 is 1.62. The normalized spacial score (nSPS) is 14.9. The average Bonchev–Trinajstić information content (AvgIpc) is 2.25. The van der Waals surface area contributed by atoms with Gasteiger partial charge in [0.2, 0.25) is 0 Å². The van der Waals surface area contributed by atoms with Crippen LogP contribution in [0.25, 0.3) is 0 Å². The van der Waals surface area contributed by atoms with Crippen LogP contribution in [0.5, 0.6) is 0 Å². The Morgan fingerprint density at radius 1 is 1.47 bits per heavy atom. The van der Waals surface area contributed by atoms with Crippen LogP contribution < -0.4 is 5.73 Å². The number of rotatable bonds is 5. The Kier molecular flexibility index (Phi) is 5.12. The number of hydrogen-bond donors (Lipinski definition) is 1. The van der Waals surface area contributed by atoms with Crippen LogP contribution in [0.15, 0.2) is 29.2 Å². The zero-order valence-corrected chi connectivity index (χ0v) is 10.1. The Bertz CT molecular complexity index is 303. The molecule has 0 aliphatic rings. The van der Waals surface area contributed by atoms with E-state index in [9.17, 15) is 4.39 Å². The van der Waals surface area contributed by atoms with Crippen LogP contribution >= 0.6 is 11.8 Å². The van der Waals surface area contributed by atoms with Gasteiger partial charge in [-0.3, -0.25) is 0 Å². The molecule has 0 aliphatic heterocycles. The van der Waals surface area contributed by atoms with Gasteiger partial charge in [-0.1, -0.05) is 26.3 Å². The molecule has 2 atom stereocenters. The van der Waals surface area contributed by atoms with Crippen molar-refractivity contribution in [1.82, 2.24) is 0 Å². The highest BCUT2D eigenvalue weighted by Gasteiger charge is 2.10. The molecule has 0 amide bonds. The van der Waals surface area contributed by atoms with Gasteiger partial charge in [-0.25, -0.2) is 4.39 Å². The number of thioether (sulfide) groups is 1. The Balaban J connectivity index is 2.43. The Morgan fingerprint density at radius 3 is 2.80 bits per heavy atom. The highest BCUT2D eigenvalue weighted by atomic mass is 32.2. The third-order valence-electron chi connectivity index (χ3n) is 2.61. The van der Waals surface area contributed by atoms with E-state index < -0.39 is 0 Å². The fraction of sp³-hybridized carbons (Fsp3) is 0.500. The summed E-state index contributed by atoms with van der Waals surface area (Å²) < 4.78 is 12.9. The van der Waals surface area contributed by atoms with Crippen molar-refractivity contribution in [2.75, 3.05) is 5.75 Å². The molecule has 3 heteroatoms. The van der Waals surface area contributed by atoms with Crippen molar-refractivity contribution in [3.63, 3.8) is 0 Å². The summed E-state index contributed by atoms with van der Waals surface area (Å²) in [6, 6.07) is 6.83. The van der Waals surface area contributed by atoms with Gasteiger partial charge >= 0.3 is 0 Å². The molecule has 0 fully saturated rings. The molecule has 1 aromatic rings. The zero-order valence-electron chi connectivity index (χ0n) is 9.24. The SMILES string of the molecule is CCC(C)C(N)CSc1cccc(F)c1. The highest BCUT2D eigenvalue weighted by Crippen LogP contribution is 2.21. The van der Waals surface area contributed by atoms with E-state index in [1.54, 1.807) is 23.9 Å². The van der Waals surface area contributed by atoms with Crippen molar-refractivity contribution in [1.29, 1.82) is 0 Å². The molecule has 0 heterocycles. The predicted octanol–water partition coefficient (Wildman–Crippen LogP) is 3.29. The molecule has 15 heavy (non-hydrogen) atoms. The Labute approximate surface area is 95.2 Å². The van der Waals surface area contributed by atoms with Gasteiger partial charge in [-0.2, -0.15) is 0 Å². The summed E-state index contributed by atoms with van der Waals surface area (Å²) in [6.45, 7) is 4.29. The lowest BCUT2D eigenvalue weighted by Crippen LogP contribution is -2.30. The summed E-state index contributed by atoms with van der Waals surface area (Å²) in [7, 11) is 0. The van der Waals surface area contributed by atoms with Crippen molar-refractivity contribution < 1.29 is 4.39 Å². The first-order valence-corrected chi connectivity index (χ1v) is 6.26. The van der Waals surface area contributed by atoms with Crippen LogP contribution in [0.4, 0.5) is 4.39 Å². The molecular formula is C12H18FNS. The molecule has 1 nitrogen and oxygen atoms in total. The smallest absolute Gasteiger partial charge is 0.124 e. The second kappa shape index (κ2) is 6.13. The third kappa shape index (κ3) is 4.22. The Hall–Kier alpha value is -0.540. The van der Waals surface area contributed by atoms with E-state index in [0.717, 1.165) is 17.1 Å². The maximum Gasteiger partial charge on any atom is 0.124 e. The van der Waals surface area contributed by atoms with Crippen LogP contribution in [-0.4, -0.2) is 11.8 Å². The van der Waals surface area contributed by atoms with Gasteiger partial charge in [-0.05, 0) is 24.1 Å². The van der Waals surface area contributed by atoms with Crippen LogP contribution in [-0.2, 0) is 0 Å². The minimum absolute atomic E-state index is 0.183. The van der Waals surface area contributed by atoms with E-state index in [4.69, 9.17) is 5.73 Å². The Morgan fingerprint density at radius 2 is 2.20 bits per heavy atom. The number of nitrogens with two attached hydrogens (primary N) is 1. The second-order valence-corrected chi connectivity index (χ2v) is 4.91. The quantitative estimate of drug-likeness (QED) is 0.781. The van der Waals surface area contributed by atoms with Gasteiger partial charge in [0, 0.05) is 16.7 Å². The summed E-state index contributed by atoms with van der Waals surface area (Å²) in [5, 5.41) is 0. The second-order valence-electron chi connectivity index (χ2n) is 3.82. The van der Waals surface area contributed by atoms with Gasteiger partial charge in [0.05, 0.1) is 0 Å². The molecule has 0 aromatic heterocycles. The lowest BCUT2D eigenvalue weighted by molar-refractivity contribution is 0.475. The van der Waals surface area contributed by atoms with Crippen molar-refractivity contribution in [3.8, 4) is 0 Å². The van der Waals surface area contributed by atoms with Crippen LogP contribution in [0, 0.1) is 11.7 Å². The van der Waals surface area contributed by atoms with Crippen LogP contribution in [0.3, 0.4) is 0 Å². The first-order chi connectivity index (χ1) is 7.13. The van der Waals surface area contributed by atoms with E-state index >= 15 is 0 Å². The molecule has 0 aliphatic carbocycles. The van der Waals surface area contributed by atoms with Gasteiger partial charge in [0.25, 0.3) is 0 Å². The first-order valence-electron chi connectivity index (χ1n) is 5.27. The van der Waals surface area contributed by atoms with Crippen molar-refractivity contribution >= 4 is 11.8 Å². The average molecular weight is 227 g/mol. The van der Waals surface area contributed by atoms with Gasteiger partial charge in [-0.15, -0.1) is 11.8 Å². The summed E-state index contributed by atoms with van der Waals surface area (Å²) in [4.78, 5) is 0.953. The molecule has 0 spiro atoms. The summed E-state index contributed by atoms with van der Waals surface area (Å²) in [6.07, 6.45) is 1.09. The standard InChI is InChI=1S/C12H18FNS/c1-3-9(2)12(14)8-15-11-6-4-5-10(13)7-11/h4-7,9,12H,3,8,14H2,1-2H3. The molecular weight excluding hydrogens is 209 g/mol. The fourth-order valence-electron chi connectivity index (χ4n) is 1.22. The molecule has 0 saturated carbocycles. The minimum Gasteiger partial charge on any atom is -0.327 e. The molecule has 1 rings (SSSR count). The minimum atomic E-state index is -0.183. The maximum absolute atomic E-state index is 12.9. The van der Waals surface area contributed by atoms with Gasteiger partial charge in [0.1, 0.15) is 5.82 Å². The fourth-order valence-corrected chi connectivity index (χ4v) is 2.30. The van der Waals surface area contributed by atoms with Crippen molar-refractivity contribution in [3.05, 3.63) is 30.1 Å². The van der Waals surface area contributed by atoms with Crippen LogP contribution in [0.1, 0.15) is 20.3 Å². The molecule has 84 valence electrons. The molecule has 2 unspecified atom stereocenters. The number of hydrogen-bond acceptors (Lipinski definition) is 2. The van der Waals surface area contributed by atoms with E-state index in [0.29, 0.717) is 5.92 Å². The van der Waals surface area contributed by atoms with Crippen LogP contribution in [0.2, 0.25) is 0 Å². The predicted molar refractivity (Wildman–Crippen MR) is 64.6 cm³/mol. The largest absolute Gasteiger partial charge is 0.327 e. The lowest BCUT2D eigenvalue weighted by atomic mass is 10.0. The maximum atomic E-state index is 12.9. The number of benzene rings is 1. The molecule has 0 saturated heterocycles. The van der Waals surface area contributed by atoms with E-state index in [2.05, 4.69) is 13.8 Å². The molecule has 1 aromatic carbocycles.